The zero-order valence-corrected chi connectivity index (χ0v) is 8.96. The van der Waals surface area contributed by atoms with Crippen molar-refractivity contribution in [1.82, 2.24) is 0 Å². The molecular formula is C9H17NO6. The molecule has 7 heteroatoms. The van der Waals surface area contributed by atoms with Gasteiger partial charge >= 0.3 is 5.97 Å². The maximum absolute atomic E-state index is 10.6. The Bertz CT molecular complexity index is 238. The lowest BCUT2D eigenvalue weighted by atomic mass is 9.94. The van der Waals surface area contributed by atoms with Gasteiger partial charge in [0.2, 0.25) is 0 Å². The Morgan fingerprint density at radius 2 is 1.75 bits per heavy atom. The van der Waals surface area contributed by atoms with Gasteiger partial charge in [-0.1, -0.05) is 6.42 Å². The molecule has 0 aliphatic carbocycles. The lowest BCUT2D eigenvalue weighted by Gasteiger charge is -2.20. The minimum absolute atomic E-state index is 0.0315. The monoisotopic (exact) mass is 235 g/mol. The molecule has 0 aromatic heterocycles. The van der Waals surface area contributed by atoms with Crippen LogP contribution in [0.25, 0.3) is 0 Å². The number of carboxylic acids is 1. The minimum atomic E-state index is -1.69. The van der Waals surface area contributed by atoms with E-state index in [1.807, 2.05) is 0 Å². The van der Waals surface area contributed by atoms with Crippen molar-refractivity contribution in [2.75, 3.05) is 13.2 Å². The van der Waals surface area contributed by atoms with Crippen LogP contribution in [0.5, 0.6) is 0 Å². The second-order valence-electron chi connectivity index (χ2n) is 3.75. The van der Waals surface area contributed by atoms with E-state index in [4.69, 9.17) is 15.3 Å². The Labute approximate surface area is 92.9 Å². The summed E-state index contributed by atoms with van der Waals surface area (Å²) < 4.78 is 0. The molecule has 0 rings (SSSR count). The summed E-state index contributed by atoms with van der Waals surface area (Å²) in [6, 6.07) is 0. The third-order valence-corrected chi connectivity index (χ3v) is 2.51. The first-order valence-corrected chi connectivity index (χ1v) is 5.06. The number of nitro groups is 1. The van der Waals surface area contributed by atoms with E-state index in [-0.39, 0.29) is 12.8 Å². The van der Waals surface area contributed by atoms with Crippen LogP contribution in [0.4, 0.5) is 0 Å². The quantitative estimate of drug-likeness (QED) is 0.294. The molecule has 0 aromatic rings. The number of carbonyl (C=O) groups is 1. The van der Waals surface area contributed by atoms with E-state index >= 15 is 0 Å². The Morgan fingerprint density at radius 1 is 1.19 bits per heavy atom. The van der Waals surface area contributed by atoms with Gasteiger partial charge in [-0.25, -0.2) is 0 Å². The van der Waals surface area contributed by atoms with E-state index in [0.717, 1.165) is 0 Å². The summed E-state index contributed by atoms with van der Waals surface area (Å²) in [6.07, 6.45) is 1.47. The van der Waals surface area contributed by atoms with Gasteiger partial charge in [0.15, 0.2) is 0 Å². The van der Waals surface area contributed by atoms with E-state index in [1.54, 1.807) is 0 Å². The van der Waals surface area contributed by atoms with Crippen LogP contribution in [0, 0.1) is 10.1 Å². The van der Waals surface area contributed by atoms with Crippen molar-refractivity contribution in [3.63, 3.8) is 0 Å². The number of aliphatic carboxylic acids is 1. The van der Waals surface area contributed by atoms with Gasteiger partial charge in [-0.15, -0.1) is 0 Å². The lowest BCUT2D eigenvalue weighted by Crippen LogP contribution is -2.45. The third-order valence-electron chi connectivity index (χ3n) is 2.51. The van der Waals surface area contributed by atoms with E-state index < -0.39 is 29.6 Å². The largest absolute Gasteiger partial charge is 0.481 e. The molecule has 0 aliphatic rings. The molecule has 94 valence electrons. The van der Waals surface area contributed by atoms with Crippen molar-refractivity contribution >= 4 is 5.97 Å². The number of aliphatic hydroxyl groups is 2. The van der Waals surface area contributed by atoms with Gasteiger partial charge in [0.25, 0.3) is 5.54 Å². The standard InChI is InChI=1S/C9H17NO6/c11-6-9(7-12,10(15)16)5-3-1-2-4-8(13)14/h11-12H,1-7H2,(H,13,14). The number of unbranched alkanes of at least 4 members (excludes halogenated alkanes) is 2. The summed E-state index contributed by atoms with van der Waals surface area (Å²) in [5, 5.41) is 36.8. The Kier molecular flexibility index (Phi) is 6.59. The summed E-state index contributed by atoms with van der Waals surface area (Å²) >= 11 is 0. The highest BCUT2D eigenvalue weighted by Gasteiger charge is 2.40. The summed E-state index contributed by atoms with van der Waals surface area (Å²) in [5.74, 6) is -0.898. The number of hydrogen-bond acceptors (Lipinski definition) is 5. The average molecular weight is 235 g/mol. The van der Waals surface area contributed by atoms with Crippen molar-refractivity contribution in [3.8, 4) is 0 Å². The van der Waals surface area contributed by atoms with Crippen LogP contribution in [0.1, 0.15) is 32.1 Å². The Morgan fingerprint density at radius 3 is 2.12 bits per heavy atom. The highest BCUT2D eigenvalue weighted by molar-refractivity contribution is 5.66. The molecule has 0 heterocycles. The van der Waals surface area contributed by atoms with Crippen molar-refractivity contribution in [3.05, 3.63) is 10.1 Å². The van der Waals surface area contributed by atoms with Gasteiger partial charge in [-0.2, -0.15) is 0 Å². The normalized spacial score (nSPS) is 11.4. The third kappa shape index (κ3) is 4.54. The average Bonchev–Trinajstić information content (AvgIpc) is 2.23. The molecule has 3 N–H and O–H groups in total. The summed E-state index contributed by atoms with van der Waals surface area (Å²) in [6.45, 7) is -1.43. The topological polar surface area (TPSA) is 121 Å². The van der Waals surface area contributed by atoms with E-state index in [9.17, 15) is 14.9 Å². The number of hydrogen-bond donors (Lipinski definition) is 3. The number of aliphatic hydroxyl groups excluding tert-OH is 2. The van der Waals surface area contributed by atoms with Crippen LogP contribution in [0.2, 0.25) is 0 Å². The van der Waals surface area contributed by atoms with Crippen molar-refractivity contribution in [1.29, 1.82) is 0 Å². The second-order valence-corrected chi connectivity index (χ2v) is 3.75. The Balaban J connectivity index is 3.95. The molecule has 0 fully saturated rings. The Hall–Kier alpha value is -1.21. The SMILES string of the molecule is O=C(O)CCCCCC(CO)(CO)[N+](=O)[O-]. The summed E-state index contributed by atoms with van der Waals surface area (Å²) in [4.78, 5) is 20.2. The first kappa shape index (κ1) is 14.8. The molecule has 0 bridgehead atoms. The zero-order valence-electron chi connectivity index (χ0n) is 8.96. The second kappa shape index (κ2) is 7.13. The minimum Gasteiger partial charge on any atom is -0.481 e. The fraction of sp³-hybridized carbons (Fsp3) is 0.889. The van der Waals surface area contributed by atoms with Gasteiger partial charge in [-0.05, 0) is 12.8 Å². The molecule has 0 saturated carbocycles. The smallest absolute Gasteiger partial charge is 0.303 e. The molecule has 0 unspecified atom stereocenters. The molecule has 0 saturated heterocycles. The van der Waals surface area contributed by atoms with Crippen LogP contribution in [-0.4, -0.2) is 45.0 Å². The van der Waals surface area contributed by atoms with Gasteiger partial charge in [-0.3, -0.25) is 14.9 Å². The molecule has 0 amide bonds. The summed E-state index contributed by atoms with van der Waals surface area (Å²) in [7, 11) is 0. The lowest BCUT2D eigenvalue weighted by molar-refractivity contribution is -0.578. The van der Waals surface area contributed by atoms with Gasteiger partial charge in [0.05, 0.1) is 0 Å². The van der Waals surface area contributed by atoms with Crippen molar-refractivity contribution < 1.29 is 25.0 Å². The first-order chi connectivity index (χ1) is 7.48. The maximum Gasteiger partial charge on any atom is 0.303 e. The number of nitrogens with zero attached hydrogens (tertiary/aromatic N) is 1. The highest BCUT2D eigenvalue weighted by atomic mass is 16.6. The predicted octanol–water partition coefficient (Wildman–Crippen LogP) is 0.0216. The molecule has 0 aliphatic heterocycles. The van der Waals surface area contributed by atoms with E-state index in [0.29, 0.717) is 19.3 Å². The number of carboxylic acid groups (broad SMARTS) is 1. The van der Waals surface area contributed by atoms with Crippen LogP contribution in [0.15, 0.2) is 0 Å². The van der Waals surface area contributed by atoms with Crippen LogP contribution in [0.3, 0.4) is 0 Å². The van der Waals surface area contributed by atoms with Crippen molar-refractivity contribution in [2.24, 2.45) is 0 Å². The van der Waals surface area contributed by atoms with Gasteiger partial charge < -0.3 is 15.3 Å². The highest BCUT2D eigenvalue weighted by Crippen LogP contribution is 2.18. The molecular weight excluding hydrogens is 218 g/mol. The molecule has 0 atom stereocenters. The molecule has 7 nitrogen and oxygen atoms in total. The van der Waals surface area contributed by atoms with Gasteiger partial charge in [0.1, 0.15) is 13.2 Å². The predicted molar refractivity (Wildman–Crippen MR) is 54.6 cm³/mol. The van der Waals surface area contributed by atoms with E-state index in [1.165, 1.54) is 0 Å². The fourth-order valence-corrected chi connectivity index (χ4v) is 1.32. The fourth-order valence-electron chi connectivity index (χ4n) is 1.32. The van der Waals surface area contributed by atoms with Crippen LogP contribution >= 0.6 is 0 Å². The summed E-state index contributed by atoms with van der Waals surface area (Å²) in [5.41, 5.74) is -1.69. The number of rotatable bonds is 9. The van der Waals surface area contributed by atoms with Crippen molar-refractivity contribution in [2.45, 2.75) is 37.6 Å². The maximum atomic E-state index is 10.6. The molecule has 0 aromatic carbocycles. The molecule has 16 heavy (non-hydrogen) atoms. The molecule has 0 spiro atoms. The van der Waals surface area contributed by atoms with Crippen LogP contribution in [-0.2, 0) is 4.79 Å². The zero-order chi connectivity index (χ0) is 12.6. The van der Waals surface area contributed by atoms with Gasteiger partial charge in [0, 0.05) is 17.8 Å². The molecule has 0 radical (unpaired) electrons. The van der Waals surface area contributed by atoms with Crippen LogP contribution < -0.4 is 0 Å². The first-order valence-electron chi connectivity index (χ1n) is 5.06. The van der Waals surface area contributed by atoms with E-state index in [2.05, 4.69) is 0 Å².